The number of pyridine rings is 1. The summed E-state index contributed by atoms with van der Waals surface area (Å²) in [6.07, 6.45) is 3.71. The highest BCUT2D eigenvalue weighted by atomic mass is 35.5. The van der Waals surface area contributed by atoms with Crippen LogP contribution in [-0.4, -0.2) is 30.5 Å². The number of para-hydroxylation sites is 1. The average Bonchev–Trinajstić information content (AvgIpc) is 3.45. The highest BCUT2D eigenvalue weighted by molar-refractivity contribution is 6.30. The smallest absolute Gasteiger partial charge is 0.256 e. The molecule has 0 unspecified atom stereocenters. The van der Waals surface area contributed by atoms with Crippen LogP contribution in [0.5, 0.6) is 0 Å². The SMILES string of the molecule is CCn1cc(-c2cc(C(=O)Nc3c(C)nn(Cc4ccc(Cl)cc4)c3C)c3ccccc3n2)cn1. The first-order valence-corrected chi connectivity index (χ1v) is 11.8. The molecule has 8 heteroatoms. The van der Waals surface area contributed by atoms with Gasteiger partial charge >= 0.3 is 0 Å². The van der Waals surface area contributed by atoms with E-state index in [0.29, 0.717) is 28.5 Å². The van der Waals surface area contributed by atoms with Gasteiger partial charge in [0.25, 0.3) is 5.91 Å². The summed E-state index contributed by atoms with van der Waals surface area (Å²) >= 11 is 6.01. The van der Waals surface area contributed by atoms with Crippen LogP contribution in [0.25, 0.3) is 22.2 Å². The monoisotopic (exact) mass is 484 g/mol. The molecule has 3 aromatic heterocycles. The number of carbonyl (C=O) groups is 1. The van der Waals surface area contributed by atoms with Crippen molar-refractivity contribution in [2.24, 2.45) is 0 Å². The van der Waals surface area contributed by atoms with Crippen molar-refractivity contribution >= 4 is 34.1 Å². The van der Waals surface area contributed by atoms with E-state index in [1.165, 1.54) is 0 Å². The molecule has 1 amide bonds. The molecule has 176 valence electrons. The van der Waals surface area contributed by atoms with Crippen LogP contribution in [-0.2, 0) is 13.1 Å². The van der Waals surface area contributed by atoms with Gasteiger partial charge in [0, 0.05) is 28.7 Å². The van der Waals surface area contributed by atoms with Crippen molar-refractivity contribution in [3.05, 3.63) is 94.5 Å². The second-order valence-electron chi connectivity index (χ2n) is 8.44. The molecule has 0 saturated heterocycles. The van der Waals surface area contributed by atoms with Gasteiger partial charge < -0.3 is 5.32 Å². The lowest BCUT2D eigenvalue weighted by Crippen LogP contribution is -2.14. The third kappa shape index (κ3) is 4.55. The van der Waals surface area contributed by atoms with Crippen molar-refractivity contribution in [3.63, 3.8) is 0 Å². The molecule has 0 saturated carbocycles. The molecule has 0 aliphatic rings. The van der Waals surface area contributed by atoms with Gasteiger partial charge in [0.05, 0.1) is 46.6 Å². The third-order valence-electron chi connectivity index (χ3n) is 6.08. The number of fused-ring (bicyclic) bond motifs is 1. The topological polar surface area (TPSA) is 77.6 Å². The molecule has 0 radical (unpaired) electrons. The summed E-state index contributed by atoms with van der Waals surface area (Å²) in [5, 5.41) is 13.6. The number of aryl methyl sites for hydroxylation is 2. The van der Waals surface area contributed by atoms with Crippen LogP contribution >= 0.6 is 11.6 Å². The Bertz CT molecular complexity index is 1530. The van der Waals surface area contributed by atoms with Crippen LogP contribution < -0.4 is 5.32 Å². The predicted molar refractivity (Wildman–Crippen MR) is 139 cm³/mol. The van der Waals surface area contributed by atoms with Gasteiger partial charge in [0.15, 0.2) is 0 Å². The number of benzene rings is 2. The summed E-state index contributed by atoms with van der Waals surface area (Å²) in [6, 6.07) is 17.2. The van der Waals surface area contributed by atoms with Crippen molar-refractivity contribution in [1.29, 1.82) is 0 Å². The van der Waals surface area contributed by atoms with Gasteiger partial charge in [-0.25, -0.2) is 4.98 Å². The van der Waals surface area contributed by atoms with Gasteiger partial charge in [-0.1, -0.05) is 41.9 Å². The summed E-state index contributed by atoms with van der Waals surface area (Å²) in [4.78, 5) is 18.3. The number of hydrogen-bond donors (Lipinski definition) is 1. The van der Waals surface area contributed by atoms with E-state index in [-0.39, 0.29) is 5.91 Å². The molecule has 2 aromatic carbocycles. The molecule has 5 aromatic rings. The molecular formula is C27H25ClN6O. The third-order valence-corrected chi connectivity index (χ3v) is 6.33. The Morgan fingerprint density at radius 2 is 1.86 bits per heavy atom. The van der Waals surface area contributed by atoms with E-state index in [0.717, 1.165) is 40.0 Å². The standard InChI is InChI=1S/C27H25ClN6O/c1-4-33-16-20(14-29-33)25-13-23(22-7-5-6-8-24(22)30-25)27(35)31-26-17(2)32-34(18(26)3)15-19-9-11-21(28)12-10-19/h5-14,16H,4,15H2,1-3H3,(H,31,35). The molecule has 5 rings (SSSR count). The van der Waals surface area contributed by atoms with Crippen molar-refractivity contribution in [3.8, 4) is 11.3 Å². The molecule has 3 heterocycles. The van der Waals surface area contributed by atoms with E-state index >= 15 is 0 Å². The second kappa shape index (κ2) is 9.35. The first kappa shape index (κ1) is 22.8. The number of nitrogens with one attached hydrogen (secondary N) is 1. The Hall–Kier alpha value is -3.97. The predicted octanol–water partition coefficient (Wildman–Crippen LogP) is 5.89. The highest BCUT2D eigenvalue weighted by Crippen LogP contribution is 2.27. The fraction of sp³-hybridized carbons (Fsp3) is 0.185. The van der Waals surface area contributed by atoms with Crippen LogP contribution in [0, 0.1) is 13.8 Å². The van der Waals surface area contributed by atoms with Gasteiger partial charge in [-0.05, 0) is 50.6 Å². The number of amides is 1. The molecule has 7 nitrogen and oxygen atoms in total. The number of nitrogens with zero attached hydrogens (tertiary/aromatic N) is 5. The number of carbonyl (C=O) groups excluding carboxylic acids is 1. The maximum atomic E-state index is 13.6. The van der Waals surface area contributed by atoms with Gasteiger partial charge in [0.1, 0.15) is 0 Å². The first-order chi connectivity index (χ1) is 16.9. The number of hydrogen-bond acceptors (Lipinski definition) is 4. The van der Waals surface area contributed by atoms with E-state index < -0.39 is 0 Å². The van der Waals surface area contributed by atoms with Crippen LogP contribution in [0.2, 0.25) is 5.02 Å². The average molecular weight is 485 g/mol. The van der Waals surface area contributed by atoms with Crippen molar-refractivity contribution in [2.75, 3.05) is 5.32 Å². The van der Waals surface area contributed by atoms with Crippen molar-refractivity contribution in [2.45, 2.75) is 33.9 Å². The van der Waals surface area contributed by atoms with E-state index in [1.807, 2.05) is 90.9 Å². The zero-order chi connectivity index (χ0) is 24.5. The van der Waals surface area contributed by atoms with Crippen molar-refractivity contribution < 1.29 is 4.79 Å². The Morgan fingerprint density at radius 3 is 2.60 bits per heavy atom. The second-order valence-corrected chi connectivity index (χ2v) is 8.88. The van der Waals surface area contributed by atoms with Crippen LogP contribution in [0.3, 0.4) is 0 Å². The minimum absolute atomic E-state index is 0.204. The number of aromatic nitrogens is 5. The minimum Gasteiger partial charge on any atom is -0.319 e. The number of anilines is 1. The quantitative estimate of drug-likeness (QED) is 0.326. The van der Waals surface area contributed by atoms with Gasteiger partial charge in [0.2, 0.25) is 0 Å². The molecule has 1 N–H and O–H groups in total. The lowest BCUT2D eigenvalue weighted by atomic mass is 10.0. The van der Waals surface area contributed by atoms with E-state index in [2.05, 4.69) is 15.5 Å². The number of halogens is 1. The Morgan fingerprint density at radius 1 is 1.09 bits per heavy atom. The molecule has 0 bridgehead atoms. The molecular weight excluding hydrogens is 460 g/mol. The summed E-state index contributed by atoms with van der Waals surface area (Å²) in [7, 11) is 0. The summed E-state index contributed by atoms with van der Waals surface area (Å²) in [5.74, 6) is -0.204. The fourth-order valence-corrected chi connectivity index (χ4v) is 4.28. The van der Waals surface area contributed by atoms with Crippen molar-refractivity contribution in [1.82, 2.24) is 24.5 Å². The maximum absolute atomic E-state index is 13.6. The molecule has 0 fully saturated rings. The summed E-state index contributed by atoms with van der Waals surface area (Å²) in [5.41, 5.74) is 6.32. The minimum atomic E-state index is -0.204. The van der Waals surface area contributed by atoms with Crippen LogP contribution in [0.4, 0.5) is 5.69 Å². The largest absolute Gasteiger partial charge is 0.319 e. The van der Waals surface area contributed by atoms with E-state index in [9.17, 15) is 4.79 Å². The summed E-state index contributed by atoms with van der Waals surface area (Å²) in [6.45, 7) is 7.24. The molecule has 35 heavy (non-hydrogen) atoms. The highest BCUT2D eigenvalue weighted by Gasteiger charge is 2.19. The Labute approximate surface area is 208 Å². The maximum Gasteiger partial charge on any atom is 0.256 e. The van der Waals surface area contributed by atoms with Gasteiger partial charge in [-0.15, -0.1) is 0 Å². The lowest BCUT2D eigenvalue weighted by molar-refractivity contribution is 0.102. The number of rotatable bonds is 6. The molecule has 0 atom stereocenters. The zero-order valence-electron chi connectivity index (χ0n) is 19.8. The van der Waals surface area contributed by atoms with E-state index in [4.69, 9.17) is 16.6 Å². The van der Waals surface area contributed by atoms with Gasteiger partial charge in [-0.3, -0.25) is 14.2 Å². The molecule has 0 aliphatic carbocycles. The van der Waals surface area contributed by atoms with Gasteiger partial charge in [-0.2, -0.15) is 10.2 Å². The van der Waals surface area contributed by atoms with Crippen LogP contribution in [0.15, 0.2) is 67.0 Å². The first-order valence-electron chi connectivity index (χ1n) is 11.5. The summed E-state index contributed by atoms with van der Waals surface area (Å²) < 4.78 is 3.73. The normalized spacial score (nSPS) is 11.2. The Kier molecular flexibility index (Phi) is 6.09. The fourth-order valence-electron chi connectivity index (χ4n) is 4.16. The zero-order valence-corrected chi connectivity index (χ0v) is 20.5. The Balaban J connectivity index is 1.49. The lowest BCUT2D eigenvalue weighted by Gasteiger charge is -2.11. The molecule has 0 aliphatic heterocycles. The molecule has 0 spiro atoms. The van der Waals surface area contributed by atoms with E-state index in [1.54, 1.807) is 6.20 Å². The van der Waals surface area contributed by atoms with Crippen LogP contribution in [0.1, 0.15) is 34.2 Å².